The number of hydrogen-bond acceptors (Lipinski definition) is 7. The standard InChI is InChI=1S/C33H29FN6O2S2/c1-22-12-14-24(15-13-22)28-18-27(29-11-6-16-43-29)38-40(28)31(41)21-44-33-37-36-30(39(33)20-23-7-3-2-4-8-23)19-35-32(42)25-9-5-10-26(34)17-25/h2-17,28H,18-21H2,1H3,(H,35,42). The van der Waals surface area contributed by atoms with Crippen LogP contribution in [0.1, 0.15) is 50.2 Å². The van der Waals surface area contributed by atoms with Gasteiger partial charge in [0, 0.05) is 12.0 Å². The fraction of sp³-hybridized carbons (Fsp3) is 0.182. The van der Waals surface area contributed by atoms with Crippen molar-refractivity contribution < 1.29 is 14.0 Å². The summed E-state index contributed by atoms with van der Waals surface area (Å²) in [5.74, 6) is -0.416. The average Bonchev–Trinajstić information content (AvgIpc) is 3.80. The Morgan fingerprint density at radius 3 is 2.57 bits per heavy atom. The van der Waals surface area contributed by atoms with Crippen LogP contribution in [0.5, 0.6) is 0 Å². The Kier molecular flexibility index (Phi) is 8.94. The van der Waals surface area contributed by atoms with E-state index in [1.165, 1.54) is 30.0 Å². The maximum Gasteiger partial charge on any atom is 0.253 e. The van der Waals surface area contributed by atoms with Gasteiger partial charge in [0.2, 0.25) is 0 Å². The maximum atomic E-state index is 13.7. The van der Waals surface area contributed by atoms with Gasteiger partial charge in [0.25, 0.3) is 11.8 Å². The lowest BCUT2D eigenvalue weighted by molar-refractivity contribution is -0.130. The lowest BCUT2D eigenvalue weighted by Gasteiger charge is -2.22. The third kappa shape index (κ3) is 6.79. The zero-order chi connectivity index (χ0) is 30.5. The van der Waals surface area contributed by atoms with Gasteiger partial charge < -0.3 is 9.88 Å². The molecule has 1 aliphatic heterocycles. The first-order valence-corrected chi connectivity index (χ1v) is 15.9. The zero-order valence-corrected chi connectivity index (χ0v) is 25.5. The molecule has 0 aliphatic carbocycles. The molecule has 0 bridgehead atoms. The predicted molar refractivity (Wildman–Crippen MR) is 170 cm³/mol. The average molecular weight is 625 g/mol. The van der Waals surface area contributed by atoms with Crippen LogP contribution < -0.4 is 5.32 Å². The highest BCUT2D eigenvalue weighted by atomic mass is 32.2. The molecule has 0 fully saturated rings. The first kappa shape index (κ1) is 29.5. The molecule has 0 saturated carbocycles. The fourth-order valence-electron chi connectivity index (χ4n) is 4.94. The third-order valence-corrected chi connectivity index (χ3v) is 9.10. The third-order valence-electron chi connectivity index (χ3n) is 7.23. The van der Waals surface area contributed by atoms with Crippen LogP contribution in [0.15, 0.2) is 107 Å². The summed E-state index contributed by atoms with van der Waals surface area (Å²) in [5, 5.41) is 20.5. The number of hydrazone groups is 1. The molecule has 5 aromatic rings. The van der Waals surface area contributed by atoms with Crippen molar-refractivity contribution in [3.05, 3.63) is 135 Å². The van der Waals surface area contributed by atoms with Gasteiger partial charge in [-0.15, -0.1) is 21.5 Å². The van der Waals surface area contributed by atoms with Crippen LogP contribution in [-0.2, 0) is 17.9 Å². The summed E-state index contributed by atoms with van der Waals surface area (Å²) in [4.78, 5) is 27.5. The van der Waals surface area contributed by atoms with Crippen LogP contribution >= 0.6 is 23.1 Å². The molecule has 1 N–H and O–H groups in total. The molecular formula is C33H29FN6O2S2. The van der Waals surface area contributed by atoms with E-state index in [9.17, 15) is 14.0 Å². The Hall–Kier alpha value is -4.61. The number of nitrogens with zero attached hydrogens (tertiary/aromatic N) is 5. The Bertz CT molecular complexity index is 1790. The summed E-state index contributed by atoms with van der Waals surface area (Å²) < 4.78 is 15.5. The molecule has 8 nitrogen and oxygen atoms in total. The van der Waals surface area contributed by atoms with Gasteiger partial charge in [-0.05, 0) is 47.7 Å². The van der Waals surface area contributed by atoms with E-state index in [1.54, 1.807) is 22.4 Å². The van der Waals surface area contributed by atoms with E-state index in [1.807, 2.05) is 59.3 Å². The smallest absolute Gasteiger partial charge is 0.253 e. The lowest BCUT2D eigenvalue weighted by atomic mass is 10.00. The molecule has 222 valence electrons. The molecule has 3 heterocycles. The number of benzene rings is 3. The molecule has 3 aromatic carbocycles. The van der Waals surface area contributed by atoms with Crippen molar-refractivity contribution in [2.45, 2.75) is 37.6 Å². The number of thioether (sulfide) groups is 1. The molecule has 44 heavy (non-hydrogen) atoms. The van der Waals surface area contributed by atoms with Crippen LogP contribution in [0.2, 0.25) is 0 Å². The van der Waals surface area contributed by atoms with Gasteiger partial charge in [-0.1, -0.05) is 84.1 Å². The maximum absolute atomic E-state index is 13.7. The first-order valence-electron chi connectivity index (χ1n) is 14.1. The van der Waals surface area contributed by atoms with Gasteiger partial charge in [-0.2, -0.15) is 5.10 Å². The topological polar surface area (TPSA) is 92.5 Å². The second kappa shape index (κ2) is 13.4. The van der Waals surface area contributed by atoms with Crippen molar-refractivity contribution in [2.24, 2.45) is 5.10 Å². The molecule has 0 spiro atoms. The summed E-state index contributed by atoms with van der Waals surface area (Å²) in [7, 11) is 0. The van der Waals surface area contributed by atoms with Gasteiger partial charge in [0.15, 0.2) is 11.0 Å². The zero-order valence-electron chi connectivity index (χ0n) is 23.9. The number of carbonyl (C=O) groups excluding carboxylic acids is 2. The highest BCUT2D eigenvalue weighted by molar-refractivity contribution is 7.99. The van der Waals surface area contributed by atoms with Gasteiger partial charge in [0.05, 0.1) is 35.5 Å². The SMILES string of the molecule is Cc1ccc(C2CC(c3cccs3)=NN2C(=O)CSc2nnc(CNC(=O)c3cccc(F)c3)n2Cc2ccccc2)cc1. The first-order chi connectivity index (χ1) is 21.4. The quantitative estimate of drug-likeness (QED) is 0.186. The highest BCUT2D eigenvalue weighted by Crippen LogP contribution is 2.35. The number of aryl methyl sites for hydroxylation is 1. The van der Waals surface area contributed by atoms with Gasteiger partial charge in [-0.25, -0.2) is 9.40 Å². The summed E-state index contributed by atoms with van der Waals surface area (Å²) >= 11 is 2.89. The Morgan fingerprint density at radius 2 is 1.82 bits per heavy atom. The molecule has 0 radical (unpaired) electrons. The van der Waals surface area contributed by atoms with E-state index in [-0.39, 0.29) is 29.8 Å². The van der Waals surface area contributed by atoms with Crippen molar-refractivity contribution in [1.29, 1.82) is 0 Å². The summed E-state index contributed by atoms with van der Waals surface area (Å²) in [6, 6.07) is 27.4. The van der Waals surface area contributed by atoms with Gasteiger partial charge >= 0.3 is 0 Å². The largest absolute Gasteiger partial charge is 0.345 e. The van der Waals surface area contributed by atoms with E-state index in [2.05, 4.69) is 39.8 Å². The molecule has 1 unspecified atom stereocenters. The number of thiophene rings is 1. The Labute approximate surface area is 262 Å². The minimum absolute atomic E-state index is 0.0831. The van der Waals surface area contributed by atoms with Crippen molar-refractivity contribution in [1.82, 2.24) is 25.1 Å². The molecular weight excluding hydrogens is 596 g/mol. The number of nitrogens with one attached hydrogen (secondary N) is 1. The minimum atomic E-state index is -0.484. The van der Waals surface area contributed by atoms with Crippen LogP contribution in [0.25, 0.3) is 0 Å². The summed E-state index contributed by atoms with van der Waals surface area (Å²) in [5.41, 5.74) is 4.32. The molecule has 1 atom stereocenters. The molecule has 1 aliphatic rings. The number of aromatic nitrogens is 3. The van der Waals surface area contributed by atoms with E-state index in [0.717, 1.165) is 27.3 Å². The molecule has 2 amide bonds. The summed E-state index contributed by atoms with van der Waals surface area (Å²) in [6.07, 6.45) is 0.638. The monoisotopic (exact) mass is 624 g/mol. The van der Waals surface area contributed by atoms with Crippen molar-refractivity contribution in [3.63, 3.8) is 0 Å². The van der Waals surface area contributed by atoms with E-state index in [4.69, 9.17) is 5.10 Å². The van der Waals surface area contributed by atoms with Gasteiger partial charge in [-0.3, -0.25) is 9.59 Å². The van der Waals surface area contributed by atoms with E-state index < -0.39 is 11.7 Å². The Morgan fingerprint density at radius 1 is 1.00 bits per heavy atom. The van der Waals surface area contributed by atoms with Crippen LogP contribution in [-0.4, -0.2) is 43.1 Å². The fourth-order valence-corrected chi connectivity index (χ4v) is 6.48. The number of carbonyl (C=O) groups is 2. The second-order valence-electron chi connectivity index (χ2n) is 10.3. The Balaban J connectivity index is 1.21. The van der Waals surface area contributed by atoms with Crippen LogP contribution in [0.3, 0.4) is 0 Å². The van der Waals surface area contributed by atoms with Crippen LogP contribution in [0, 0.1) is 12.7 Å². The predicted octanol–water partition coefficient (Wildman–Crippen LogP) is 6.24. The molecule has 0 saturated heterocycles. The second-order valence-corrected chi connectivity index (χ2v) is 12.2. The normalized spacial score (nSPS) is 14.5. The molecule has 2 aromatic heterocycles. The van der Waals surface area contributed by atoms with E-state index >= 15 is 0 Å². The van der Waals surface area contributed by atoms with Crippen molar-refractivity contribution in [2.75, 3.05) is 5.75 Å². The number of amides is 2. The van der Waals surface area contributed by atoms with Crippen molar-refractivity contribution in [3.8, 4) is 0 Å². The molecule has 11 heteroatoms. The highest BCUT2D eigenvalue weighted by Gasteiger charge is 2.33. The van der Waals surface area contributed by atoms with Crippen LogP contribution in [0.4, 0.5) is 4.39 Å². The molecule has 6 rings (SSSR count). The lowest BCUT2D eigenvalue weighted by Crippen LogP contribution is -2.28. The van der Waals surface area contributed by atoms with E-state index in [0.29, 0.717) is 23.9 Å². The number of hydrogen-bond donors (Lipinski definition) is 1. The number of halogens is 1. The minimum Gasteiger partial charge on any atom is -0.345 e. The van der Waals surface area contributed by atoms with Gasteiger partial charge in [0.1, 0.15) is 5.82 Å². The summed E-state index contributed by atoms with van der Waals surface area (Å²) in [6.45, 7) is 2.57. The van der Waals surface area contributed by atoms with Crippen molar-refractivity contribution >= 4 is 40.6 Å². The number of rotatable bonds is 10.